The lowest BCUT2D eigenvalue weighted by Crippen LogP contribution is -2.08. The first-order chi connectivity index (χ1) is 7.88. The SMILES string of the molecule is O=c1[nH]c(-c2cc(Br)ccc2C(F)(F)F)no1. The van der Waals surface area contributed by atoms with E-state index in [2.05, 4.69) is 30.6 Å². The third-order valence-corrected chi connectivity index (χ3v) is 2.48. The van der Waals surface area contributed by atoms with E-state index in [9.17, 15) is 18.0 Å². The van der Waals surface area contributed by atoms with E-state index in [1.54, 1.807) is 0 Å². The molecule has 2 rings (SSSR count). The van der Waals surface area contributed by atoms with Gasteiger partial charge in [0.05, 0.1) is 5.56 Å². The number of aromatic amines is 1. The molecule has 0 radical (unpaired) electrons. The Morgan fingerprint density at radius 3 is 2.59 bits per heavy atom. The van der Waals surface area contributed by atoms with Crippen LogP contribution in [0.2, 0.25) is 0 Å². The first-order valence-electron chi connectivity index (χ1n) is 4.31. The third kappa shape index (κ3) is 2.41. The second kappa shape index (κ2) is 4.02. The van der Waals surface area contributed by atoms with Crippen LogP contribution in [0.3, 0.4) is 0 Å². The first-order valence-corrected chi connectivity index (χ1v) is 5.10. The van der Waals surface area contributed by atoms with Crippen molar-refractivity contribution in [1.82, 2.24) is 10.1 Å². The summed E-state index contributed by atoms with van der Waals surface area (Å²) in [6.45, 7) is 0. The minimum Gasteiger partial charge on any atom is -0.296 e. The second-order valence-corrected chi connectivity index (χ2v) is 4.05. The lowest BCUT2D eigenvalue weighted by Gasteiger charge is -2.10. The van der Waals surface area contributed by atoms with Crippen LogP contribution >= 0.6 is 15.9 Å². The zero-order valence-corrected chi connectivity index (χ0v) is 9.59. The van der Waals surface area contributed by atoms with Crippen LogP contribution < -0.4 is 5.76 Å². The van der Waals surface area contributed by atoms with Crippen LogP contribution in [0.25, 0.3) is 11.4 Å². The van der Waals surface area contributed by atoms with Crippen molar-refractivity contribution < 1.29 is 17.7 Å². The van der Waals surface area contributed by atoms with Gasteiger partial charge in [0, 0.05) is 10.0 Å². The monoisotopic (exact) mass is 308 g/mol. The minimum atomic E-state index is -4.54. The molecule has 0 aliphatic carbocycles. The number of nitrogens with zero attached hydrogens (tertiary/aromatic N) is 1. The van der Waals surface area contributed by atoms with Crippen molar-refractivity contribution in [3.8, 4) is 11.4 Å². The van der Waals surface area contributed by atoms with Crippen LogP contribution in [0.15, 0.2) is 32.0 Å². The number of rotatable bonds is 1. The molecule has 0 aliphatic rings. The number of hydrogen-bond donors (Lipinski definition) is 1. The van der Waals surface area contributed by atoms with Gasteiger partial charge in [0.25, 0.3) is 0 Å². The molecule has 0 unspecified atom stereocenters. The molecule has 0 atom stereocenters. The number of halogens is 4. The van der Waals surface area contributed by atoms with E-state index < -0.39 is 17.5 Å². The fourth-order valence-electron chi connectivity index (χ4n) is 1.31. The molecule has 0 saturated heterocycles. The molecule has 0 aliphatic heterocycles. The summed E-state index contributed by atoms with van der Waals surface area (Å²) >= 11 is 3.05. The number of benzene rings is 1. The molecule has 1 aromatic heterocycles. The van der Waals surface area contributed by atoms with Crippen LogP contribution in [0.1, 0.15) is 5.56 Å². The lowest BCUT2D eigenvalue weighted by atomic mass is 10.1. The van der Waals surface area contributed by atoms with Crippen molar-refractivity contribution in [2.75, 3.05) is 0 Å². The molecular formula is C9H4BrF3N2O2. The Labute approximate surface area is 101 Å². The standard InChI is InChI=1S/C9H4BrF3N2O2/c10-4-1-2-6(9(11,12)13)5(3-4)7-14-8(16)17-15-7/h1-3H,(H,14,15,16). The Morgan fingerprint density at radius 2 is 2.06 bits per heavy atom. The van der Waals surface area contributed by atoms with E-state index in [-0.39, 0.29) is 11.4 Å². The Kier molecular flexibility index (Phi) is 2.82. The Morgan fingerprint density at radius 1 is 1.35 bits per heavy atom. The highest BCUT2D eigenvalue weighted by Gasteiger charge is 2.34. The van der Waals surface area contributed by atoms with Gasteiger partial charge in [-0.15, -0.1) is 0 Å². The molecule has 0 bridgehead atoms. The number of hydrogen-bond acceptors (Lipinski definition) is 3. The number of aromatic nitrogens is 2. The summed E-state index contributed by atoms with van der Waals surface area (Å²) in [7, 11) is 0. The van der Waals surface area contributed by atoms with Gasteiger partial charge < -0.3 is 0 Å². The van der Waals surface area contributed by atoms with Crippen molar-refractivity contribution in [3.05, 3.63) is 38.8 Å². The molecule has 1 heterocycles. The summed E-state index contributed by atoms with van der Waals surface area (Å²) in [6, 6.07) is 3.35. The molecule has 0 saturated carbocycles. The highest BCUT2D eigenvalue weighted by atomic mass is 79.9. The van der Waals surface area contributed by atoms with E-state index in [0.717, 1.165) is 6.07 Å². The van der Waals surface area contributed by atoms with Crippen molar-refractivity contribution >= 4 is 15.9 Å². The Bertz CT molecular complexity index is 603. The summed E-state index contributed by atoms with van der Waals surface area (Å²) in [6.07, 6.45) is -4.54. The van der Waals surface area contributed by atoms with Crippen LogP contribution in [-0.4, -0.2) is 10.1 Å². The van der Waals surface area contributed by atoms with Gasteiger partial charge in [0.2, 0.25) is 0 Å². The van der Waals surface area contributed by atoms with Crippen molar-refractivity contribution in [2.24, 2.45) is 0 Å². The van der Waals surface area contributed by atoms with Gasteiger partial charge in [0.15, 0.2) is 5.82 Å². The molecule has 4 nitrogen and oxygen atoms in total. The number of alkyl halides is 3. The molecule has 0 amide bonds. The Hall–Kier alpha value is -1.57. The fourth-order valence-corrected chi connectivity index (χ4v) is 1.67. The maximum Gasteiger partial charge on any atom is 0.439 e. The molecular weight excluding hydrogens is 305 g/mol. The van der Waals surface area contributed by atoms with E-state index in [1.807, 2.05) is 0 Å². The zero-order valence-electron chi connectivity index (χ0n) is 8.01. The quantitative estimate of drug-likeness (QED) is 0.881. The predicted octanol–water partition coefficient (Wildman–Crippen LogP) is 2.81. The van der Waals surface area contributed by atoms with Crippen LogP contribution in [0.5, 0.6) is 0 Å². The van der Waals surface area contributed by atoms with E-state index in [0.29, 0.717) is 4.47 Å². The molecule has 1 aromatic carbocycles. The predicted molar refractivity (Wildman–Crippen MR) is 55.3 cm³/mol. The molecule has 1 N–H and O–H groups in total. The van der Waals surface area contributed by atoms with E-state index >= 15 is 0 Å². The summed E-state index contributed by atoms with van der Waals surface area (Å²) in [4.78, 5) is 12.8. The Balaban J connectivity index is 2.67. The first kappa shape index (κ1) is 11.9. The molecule has 0 spiro atoms. The fraction of sp³-hybridized carbons (Fsp3) is 0.111. The third-order valence-electron chi connectivity index (χ3n) is 1.98. The highest BCUT2D eigenvalue weighted by Crippen LogP contribution is 2.36. The molecule has 17 heavy (non-hydrogen) atoms. The maximum atomic E-state index is 12.7. The molecule has 2 aromatic rings. The van der Waals surface area contributed by atoms with E-state index in [4.69, 9.17) is 0 Å². The number of nitrogens with one attached hydrogen (secondary N) is 1. The molecule has 90 valence electrons. The highest BCUT2D eigenvalue weighted by molar-refractivity contribution is 9.10. The van der Waals surface area contributed by atoms with Crippen LogP contribution in [0.4, 0.5) is 13.2 Å². The van der Waals surface area contributed by atoms with Gasteiger partial charge >= 0.3 is 11.9 Å². The van der Waals surface area contributed by atoms with Crippen LogP contribution in [0, 0.1) is 0 Å². The van der Waals surface area contributed by atoms with Crippen molar-refractivity contribution in [3.63, 3.8) is 0 Å². The minimum absolute atomic E-state index is 0.252. The lowest BCUT2D eigenvalue weighted by molar-refractivity contribution is -0.137. The van der Waals surface area contributed by atoms with Gasteiger partial charge in [-0.1, -0.05) is 21.1 Å². The smallest absolute Gasteiger partial charge is 0.296 e. The summed E-state index contributed by atoms with van der Waals surface area (Å²) < 4.78 is 42.7. The summed E-state index contributed by atoms with van der Waals surface area (Å²) in [5.41, 5.74) is -1.15. The number of H-pyrrole nitrogens is 1. The topological polar surface area (TPSA) is 58.9 Å². The second-order valence-electron chi connectivity index (χ2n) is 3.13. The molecule has 0 fully saturated rings. The van der Waals surface area contributed by atoms with Gasteiger partial charge in [-0.3, -0.25) is 9.51 Å². The van der Waals surface area contributed by atoms with Gasteiger partial charge in [-0.05, 0) is 18.2 Å². The summed E-state index contributed by atoms with van der Waals surface area (Å²) in [5, 5.41) is 3.24. The largest absolute Gasteiger partial charge is 0.439 e. The normalized spacial score (nSPS) is 11.8. The average Bonchev–Trinajstić information content (AvgIpc) is 2.62. The summed E-state index contributed by atoms with van der Waals surface area (Å²) in [5.74, 6) is -1.17. The maximum absolute atomic E-state index is 12.7. The zero-order chi connectivity index (χ0) is 12.6. The van der Waals surface area contributed by atoms with Gasteiger partial charge in [-0.25, -0.2) is 4.79 Å². The van der Waals surface area contributed by atoms with Gasteiger partial charge in [0.1, 0.15) is 0 Å². The van der Waals surface area contributed by atoms with Crippen molar-refractivity contribution in [2.45, 2.75) is 6.18 Å². The average molecular weight is 309 g/mol. The van der Waals surface area contributed by atoms with E-state index in [1.165, 1.54) is 12.1 Å². The van der Waals surface area contributed by atoms with Crippen LogP contribution in [-0.2, 0) is 6.18 Å². The molecule has 8 heteroatoms. The van der Waals surface area contributed by atoms with Crippen molar-refractivity contribution in [1.29, 1.82) is 0 Å². The van der Waals surface area contributed by atoms with Gasteiger partial charge in [-0.2, -0.15) is 13.2 Å².